The Hall–Kier alpha value is -4.09. The Bertz CT molecular complexity index is 982. The second-order valence-corrected chi connectivity index (χ2v) is 6.82. The van der Waals surface area contributed by atoms with E-state index in [1.807, 2.05) is 0 Å². The quantitative estimate of drug-likeness (QED) is 0.324. The monoisotopic (exact) mass is 430 g/mol. The number of amides is 2. The molecule has 2 rings (SSSR count). The van der Waals surface area contributed by atoms with E-state index in [2.05, 4.69) is 20.6 Å². The number of rotatable bonds is 9. The van der Waals surface area contributed by atoms with Crippen LogP contribution in [0.2, 0.25) is 0 Å². The molecule has 7 N–H and O–H groups in total. The van der Waals surface area contributed by atoms with Crippen LogP contribution >= 0.6 is 0 Å². The number of carbonyl (C=O) groups is 4. The predicted octanol–water partition coefficient (Wildman–Crippen LogP) is 0.513. The Morgan fingerprint density at radius 3 is 2.55 bits per heavy atom. The third-order valence-corrected chi connectivity index (χ3v) is 4.24. The van der Waals surface area contributed by atoms with E-state index >= 15 is 0 Å². The van der Waals surface area contributed by atoms with Gasteiger partial charge in [0.15, 0.2) is 5.84 Å². The van der Waals surface area contributed by atoms with Gasteiger partial charge >= 0.3 is 5.97 Å². The van der Waals surface area contributed by atoms with E-state index in [4.69, 9.17) is 16.2 Å². The van der Waals surface area contributed by atoms with Gasteiger partial charge in [0.25, 0.3) is 5.91 Å². The number of ketones is 1. The van der Waals surface area contributed by atoms with Crippen molar-refractivity contribution in [2.45, 2.75) is 38.6 Å². The lowest BCUT2D eigenvalue weighted by Gasteiger charge is -2.15. The molecular formula is C19H22N6O6. The lowest BCUT2D eigenvalue weighted by molar-refractivity contribution is -0.139. The van der Waals surface area contributed by atoms with Crippen molar-refractivity contribution in [3.8, 4) is 0 Å². The zero-order chi connectivity index (χ0) is 23.1. The number of dihydropyridines is 1. The summed E-state index contributed by atoms with van der Waals surface area (Å²) < 4.78 is 0. The van der Waals surface area contributed by atoms with Gasteiger partial charge in [-0.1, -0.05) is 0 Å². The first-order chi connectivity index (χ1) is 14.6. The molecule has 1 aliphatic heterocycles. The molecule has 0 fully saturated rings. The number of aliphatic carboxylic acids is 1. The summed E-state index contributed by atoms with van der Waals surface area (Å²) in [5.41, 5.74) is 5.70. The summed E-state index contributed by atoms with van der Waals surface area (Å²) in [6.45, 7) is 1.33. The molecule has 1 aliphatic rings. The molecule has 0 saturated carbocycles. The van der Waals surface area contributed by atoms with Crippen molar-refractivity contribution in [1.82, 2.24) is 10.3 Å². The normalized spacial score (nSPS) is 14.5. The summed E-state index contributed by atoms with van der Waals surface area (Å²) in [4.78, 5) is 54.3. The minimum Gasteiger partial charge on any atom is -0.511 e. The van der Waals surface area contributed by atoms with E-state index < -0.39 is 23.8 Å². The molecule has 1 aromatic rings. The minimum absolute atomic E-state index is 0.0109. The van der Waals surface area contributed by atoms with Crippen molar-refractivity contribution in [1.29, 1.82) is 5.41 Å². The maximum Gasteiger partial charge on any atom is 0.326 e. The molecule has 12 nitrogen and oxygen atoms in total. The highest BCUT2D eigenvalue weighted by molar-refractivity contribution is 6.11. The topological polar surface area (TPSA) is 208 Å². The van der Waals surface area contributed by atoms with E-state index in [1.165, 1.54) is 25.3 Å². The number of amidine groups is 2. The summed E-state index contributed by atoms with van der Waals surface area (Å²) in [6, 6.07) is 1.45. The van der Waals surface area contributed by atoms with Crippen molar-refractivity contribution in [3.05, 3.63) is 35.4 Å². The molecule has 0 aliphatic carbocycles. The molecule has 0 bridgehead atoms. The van der Waals surface area contributed by atoms with Gasteiger partial charge < -0.3 is 31.4 Å². The van der Waals surface area contributed by atoms with Crippen LogP contribution in [0.25, 0.3) is 0 Å². The molecule has 2 amide bonds. The smallest absolute Gasteiger partial charge is 0.326 e. The van der Waals surface area contributed by atoms with Crippen LogP contribution in [-0.2, 0) is 14.4 Å². The molecule has 164 valence electrons. The van der Waals surface area contributed by atoms with Crippen LogP contribution in [0.4, 0.5) is 5.69 Å². The molecule has 12 heteroatoms. The maximum absolute atomic E-state index is 12.2. The number of nitrogens with one attached hydrogen (secondary N) is 3. The van der Waals surface area contributed by atoms with Gasteiger partial charge in [-0.2, -0.15) is 0 Å². The summed E-state index contributed by atoms with van der Waals surface area (Å²) in [5.74, 6) is -3.16. The van der Waals surface area contributed by atoms with Gasteiger partial charge in [-0.3, -0.25) is 15.0 Å². The van der Waals surface area contributed by atoms with Crippen LogP contribution in [0.3, 0.4) is 0 Å². The Morgan fingerprint density at radius 1 is 1.29 bits per heavy atom. The summed E-state index contributed by atoms with van der Waals surface area (Å²) in [6.07, 6.45) is 0.823. The number of hydrogen-bond donors (Lipinski definition) is 6. The molecule has 0 aromatic carbocycles. The number of aromatic nitrogens is 1. The van der Waals surface area contributed by atoms with Crippen molar-refractivity contribution in [3.63, 3.8) is 0 Å². The van der Waals surface area contributed by atoms with Crippen molar-refractivity contribution in [2.24, 2.45) is 10.7 Å². The second-order valence-electron chi connectivity index (χ2n) is 6.82. The number of hydrogen-bond acceptors (Lipinski definition) is 8. The number of anilines is 1. The van der Waals surface area contributed by atoms with Gasteiger partial charge in [0, 0.05) is 12.0 Å². The number of pyridine rings is 1. The number of nitrogens with two attached hydrogens (primary N) is 1. The SMILES string of the molecule is CC(=O)CCC(NC(=O)c1ccc(NC(=O)CC2=C(O)CC(N)=NC2=N)cn1)C(=O)O. The van der Waals surface area contributed by atoms with E-state index in [0.717, 1.165) is 0 Å². The van der Waals surface area contributed by atoms with Gasteiger partial charge in [-0.05, 0) is 25.5 Å². The van der Waals surface area contributed by atoms with Crippen molar-refractivity contribution < 1.29 is 29.4 Å². The largest absolute Gasteiger partial charge is 0.511 e. The highest BCUT2D eigenvalue weighted by Gasteiger charge is 2.23. The lowest BCUT2D eigenvalue weighted by atomic mass is 10.1. The summed E-state index contributed by atoms with van der Waals surface area (Å²) >= 11 is 0. The minimum atomic E-state index is -1.27. The molecule has 1 aromatic heterocycles. The fraction of sp³-hybridized carbons (Fsp3) is 0.316. The molecular weight excluding hydrogens is 408 g/mol. The first-order valence-electron chi connectivity index (χ1n) is 9.18. The average Bonchev–Trinajstić information content (AvgIpc) is 2.68. The number of carboxylic acids is 1. The standard InChI is InChI=1S/C19H22N6O6/c1-9(26)2-4-13(19(30)31)24-18(29)12-5-3-10(8-22-12)23-16(28)6-11-14(27)7-15(20)25-17(11)21/h3,5,8,13,27H,2,4,6-7H2,1H3,(H,23,28)(H,24,29)(H,30,31)(H3,20,21,25). The lowest BCUT2D eigenvalue weighted by Crippen LogP contribution is -2.41. The first kappa shape index (κ1) is 23.2. The highest BCUT2D eigenvalue weighted by atomic mass is 16.4. The molecule has 1 unspecified atom stereocenters. The summed E-state index contributed by atoms with van der Waals surface area (Å²) in [5, 5.41) is 31.6. The Morgan fingerprint density at radius 2 is 2.00 bits per heavy atom. The van der Waals surface area contributed by atoms with Crippen LogP contribution in [0.15, 0.2) is 34.7 Å². The number of aliphatic hydroxyl groups is 1. The third-order valence-electron chi connectivity index (χ3n) is 4.24. The third kappa shape index (κ3) is 6.73. The predicted molar refractivity (Wildman–Crippen MR) is 110 cm³/mol. The zero-order valence-electron chi connectivity index (χ0n) is 16.6. The van der Waals surface area contributed by atoms with Gasteiger partial charge in [-0.15, -0.1) is 0 Å². The number of Topliss-reactive ketones (excluding diaryl/α,β-unsaturated/α-hetero) is 1. The molecule has 31 heavy (non-hydrogen) atoms. The van der Waals surface area contributed by atoms with Crippen LogP contribution in [0.1, 0.15) is 43.1 Å². The van der Waals surface area contributed by atoms with Crippen molar-refractivity contribution in [2.75, 3.05) is 5.32 Å². The van der Waals surface area contributed by atoms with Crippen LogP contribution in [-0.4, -0.2) is 56.5 Å². The van der Waals surface area contributed by atoms with E-state index in [1.54, 1.807) is 0 Å². The van der Waals surface area contributed by atoms with E-state index in [-0.39, 0.29) is 65.9 Å². The number of carbonyl (C=O) groups excluding carboxylic acids is 3. The van der Waals surface area contributed by atoms with Gasteiger partial charge in [0.05, 0.1) is 24.7 Å². The van der Waals surface area contributed by atoms with E-state index in [0.29, 0.717) is 0 Å². The molecule has 0 radical (unpaired) electrons. The van der Waals surface area contributed by atoms with Crippen LogP contribution in [0.5, 0.6) is 0 Å². The highest BCUT2D eigenvalue weighted by Crippen LogP contribution is 2.18. The maximum atomic E-state index is 12.2. The number of carboxylic acid groups (broad SMARTS) is 1. The number of aliphatic hydroxyl groups excluding tert-OH is 1. The fourth-order valence-electron chi connectivity index (χ4n) is 2.66. The van der Waals surface area contributed by atoms with Gasteiger partial charge in [0.1, 0.15) is 29.1 Å². The first-order valence-corrected chi connectivity index (χ1v) is 9.18. The van der Waals surface area contributed by atoms with Gasteiger partial charge in [-0.25, -0.2) is 14.8 Å². The molecule has 2 heterocycles. The fourth-order valence-corrected chi connectivity index (χ4v) is 2.66. The Balaban J connectivity index is 1.96. The number of aliphatic imine (C=N–C) groups is 1. The Labute approximate surface area is 176 Å². The van der Waals surface area contributed by atoms with Crippen molar-refractivity contribution >= 4 is 40.9 Å². The second kappa shape index (κ2) is 10.1. The van der Waals surface area contributed by atoms with Gasteiger partial charge in [0.2, 0.25) is 5.91 Å². The average molecular weight is 430 g/mol. The Kier molecular flexibility index (Phi) is 7.55. The molecule has 1 atom stereocenters. The van der Waals surface area contributed by atoms with E-state index in [9.17, 15) is 24.3 Å². The number of nitrogens with zero attached hydrogens (tertiary/aromatic N) is 2. The summed E-state index contributed by atoms with van der Waals surface area (Å²) in [7, 11) is 0. The van der Waals surface area contributed by atoms with Crippen LogP contribution in [0, 0.1) is 5.41 Å². The zero-order valence-corrected chi connectivity index (χ0v) is 16.6. The molecule has 0 saturated heterocycles. The molecule has 0 spiro atoms. The van der Waals surface area contributed by atoms with Crippen LogP contribution < -0.4 is 16.4 Å².